The van der Waals surface area contributed by atoms with E-state index in [1.165, 1.54) is 18.3 Å². The molecule has 1 N–H and O–H groups in total. The summed E-state index contributed by atoms with van der Waals surface area (Å²) in [6, 6.07) is 23.4. The maximum atomic E-state index is 12.7. The Labute approximate surface area is 287 Å². The lowest BCUT2D eigenvalue weighted by molar-refractivity contribution is -0.386. The zero-order chi connectivity index (χ0) is 33.5. The van der Waals surface area contributed by atoms with E-state index in [9.17, 15) is 14.9 Å². The number of hydrogen-bond acceptors (Lipinski definition) is 8. The van der Waals surface area contributed by atoms with Crippen molar-refractivity contribution in [2.24, 2.45) is 5.10 Å². The van der Waals surface area contributed by atoms with Gasteiger partial charge >= 0.3 is 11.6 Å². The van der Waals surface area contributed by atoms with E-state index in [1.807, 2.05) is 42.5 Å². The van der Waals surface area contributed by atoms with Crippen molar-refractivity contribution >= 4 is 49.7 Å². The highest BCUT2D eigenvalue weighted by atomic mass is 79.9. The third kappa shape index (κ3) is 8.29. The lowest BCUT2D eigenvalue weighted by atomic mass is 10.1. The minimum atomic E-state index is -0.603. The quantitative estimate of drug-likeness (QED) is 0.0723. The number of furan rings is 1. The molecule has 0 radical (unpaired) electrons. The van der Waals surface area contributed by atoms with E-state index in [2.05, 4.69) is 72.9 Å². The van der Waals surface area contributed by atoms with Gasteiger partial charge in [0.05, 0.1) is 17.7 Å². The van der Waals surface area contributed by atoms with Crippen LogP contribution >= 0.6 is 31.9 Å². The molecule has 242 valence electrons. The molecule has 0 saturated carbocycles. The van der Waals surface area contributed by atoms with Crippen LogP contribution < -0.4 is 19.6 Å². The number of halogens is 2. The van der Waals surface area contributed by atoms with E-state index in [4.69, 9.17) is 18.6 Å². The zero-order valence-corrected chi connectivity index (χ0v) is 28.8. The van der Waals surface area contributed by atoms with Gasteiger partial charge in [-0.3, -0.25) is 14.9 Å². The number of hydrogen-bond donors (Lipinski definition) is 1. The molecule has 0 atom stereocenters. The summed E-state index contributed by atoms with van der Waals surface area (Å²) in [6.07, 6.45) is 1.27. The number of hydrazone groups is 1. The van der Waals surface area contributed by atoms with Crippen LogP contribution in [0.5, 0.6) is 17.2 Å². The van der Waals surface area contributed by atoms with Crippen LogP contribution in [0.3, 0.4) is 0 Å². The molecule has 0 aliphatic heterocycles. The van der Waals surface area contributed by atoms with Gasteiger partial charge in [-0.1, -0.05) is 37.9 Å². The van der Waals surface area contributed by atoms with Gasteiger partial charge in [0, 0.05) is 43.2 Å². The SMILES string of the molecule is CCOc1cc(/C=N/NC(=O)c2ccc(COc3ccc(-n4c(C)ccc4C)cc3)o2)cc([N+](=O)[O-])c1OCc1ccc(Br)cc1Br. The topological polar surface area (TPSA) is 130 Å². The van der Waals surface area contributed by atoms with Crippen LogP contribution in [0.25, 0.3) is 5.69 Å². The molecule has 0 bridgehead atoms. The number of rotatable bonds is 13. The van der Waals surface area contributed by atoms with Crippen LogP contribution in [-0.2, 0) is 13.2 Å². The van der Waals surface area contributed by atoms with Gasteiger partial charge in [-0.05, 0) is 87.5 Å². The van der Waals surface area contributed by atoms with Gasteiger partial charge in [0.1, 0.15) is 24.7 Å². The monoisotopic (exact) mass is 764 g/mol. The molecule has 0 aliphatic carbocycles. The highest BCUT2D eigenvalue weighted by molar-refractivity contribution is 9.11. The summed E-state index contributed by atoms with van der Waals surface area (Å²) < 4.78 is 26.8. The van der Waals surface area contributed by atoms with Crippen molar-refractivity contribution in [1.29, 1.82) is 0 Å². The Hall–Kier alpha value is -4.88. The number of nitrogens with one attached hydrogen (secondary N) is 1. The van der Waals surface area contributed by atoms with Crippen LogP contribution in [0.15, 0.2) is 97.3 Å². The molecular weight excluding hydrogens is 736 g/mol. The largest absolute Gasteiger partial charge is 0.490 e. The number of nitrogens with zero attached hydrogens (tertiary/aromatic N) is 3. The Kier molecular flexibility index (Phi) is 10.8. The number of nitro benzene ring substituents is 1. The number of ether oxygens (including phenoxy) is 3. The van der Waals surface area contributed by atoms with Crippen LogP contribution in [0, 0.1) is 24.0 Å². The van der Waals surface area contributed by atoms with Gasteiger partial charge in [0.15, 0.2) is 11.5 Å². The second-order valence-corrected chi connectivity index (χ2v) is 12.1. The third-order valence-electron chi connectivity index (χ3n) is 6.95. The minimum Gasteiger partial charge on any atom is -0.490 e. The first-order chi connectivity index (χ1) is 22.6. The van der Waals surface area contributed by atoms with Crippen molar-refractivity contribution in [3.05, 3.63) is 132 Å². The van der Waals surface area contributed by atoms with E-state index < -0.39 is 10.8 Å². The number of amides is 1. The number of carbonyl (C=O) groups excluding carboxylic acids is 1. The molecule has 3 aromatic carbocycles. The summed E-state index contributed by atoms with van der Waals surface area (Å²) in [7, 11) is 0. The highest BCUT2D eigenvalue weighted by Crippen LogP contribution is 2.39. The fraction of sp³-hybridized carbons (Fsp3) is 0.176. The third-order valence-corrected chi connectivity index (χ3v) is 8.19. The van der Waals surface area contributed by atoms with E-state index in [-0.39, 0.29) is 42.8 Å². The molecule has 2 aromatic heterocycles. The summed E-state index contributed by atoms with van der Waals surface area (Å²) in [5.41, 5.74) is 6.50. The molecule has 5 aromatic rings. The van der Waals surface area contributed by atoms with Crippen LogP contribution in [0.2, 0.25) is 0 Å². The van der Waals surface area contributed by atoms with Crippen LogP contribution in [0.1, 0.15) is 45.8 Å². The molecule has 0 spiro atoms. The van der Waals surface area contributed by atoms with Crippen molar-refractivity contribution in [3.8, 4) is 22.9 Å². The number of aryl methyl sites for hydroxylation is 2. The highest BCUT2D eigenvalue weighted by Gasteiger charge is 2.23. The average Bonchev–Trinajstić information content (AvgIpc) is 3.66. The second kappa shape index (κ2) is 15.1. The van der Waals surface area contributed by atoms with Crippen molar-refractivity contribution in [3.63, 3.8) is 0 Å². The molecule has 47 heavy (non-hydrogen) atoms. The Morgan fingerprint density at radius 3 is 2.38 bits per heavy atom. The predicted molar refractivity (Wildman–Crippen MR) is 184 cm³/mol. The first-order valence-electron chi connectivity index (χ1n) is 14.4. The Morgan fingerprint density at radius 2 is 1.70 bits per heavy atom. The molecule has 0 fully saturated rings. The summed E-state index contributed by atoms with van der Waals surface area (Å²) in [5, 5.41) is 15.9. The maximum absolute atomic E-state index is 12.7. The molecule has 1 amide bonds. The minimum absolute atomic E-state index is 0.0137. The fourth-order valence-corrected chi connectivity index (χ4v) is 5.90. The second-order valence-electron chi connectivity index (χ2n) is 10.3. The summed E-state index contributed by atoms with van der Waals surface area (Å²) in [5.74, 6) is 0.680. The number of benzene rings is 3. The fourth-order valence-electron chi connectivity index (χ4n) is 4.73. The zero-order valence-electron chi connectivity index (χ0n) is 25.7. The van der Waals surface area contributed by atoms with Crippen LogP contribution in [-0.4, -0.2) is 28.2 Å². The Bertz CT molecular complexity index is 1910. The first kappa shape index (κ1) is 33.5. The van der Waals surface area contributed by atoms with Gasteiger partial charge in [0.2, 0.25) is 5.75 Å². The van der Waals surface area contributed by atoms with Crippen molar-refractivity contribution < 1.29 is 28.3 Å². The van der Waals surface area contributed by atoms with E-state index in [0.717, 1.165) is 31.6 Å². The average molecular weight is 766 g/mol. The van der Waals surface area contributed by atoms with E-state index in [1.54, 1.807) is 19.1 Å². The molecular formula is C34H30Br2N4O7. The van der Waals surface area contributed by atoms with Crippen molar-refractivity contribution in [2.75, 3.05) is 6.61 Å². The van der Waals surface area contributed by atoms with Crippen LogP contribution in [0.4, 0.5) is 5.69 Å². The van der Waals surface area contributed by atoms with Gasteiger partial charge in [0.25, 0.3) is 0 Å². The number of aromatic nitrogens is 1. The Balaban J connectivity index is 1.21. The molecule has 5 rings (SSSR count). The molecule has 2 heterocycles. The smallest absolute Gasteiger partial charge is 0.315 e. The molecule has 0 aliphatic rings. The molecule has 0 unspecified atom stereocenters. The molecule has 0 saturated heterocycles. The van der Waals surface area contributed by atoms with Gasteiger partial charge in [-0.15, -0.1) is 0 Å². The first-order valence-corrected chi connectivity index (χ1v) is 16.0. The van der Waals surface area contributed by atoms with Gasteiger partial charge in [-0.2, -0.15) is 5.10 Å². The summed E-state index contributed by atoms with van der Waals surface area (Å²) in [6.45, 7) is 6.29. The summed E-state index contributed by atoms with van der Waals surface area (Å²) >= 11 is 6.88. The van der Waals surface area contributed by atoms with Crippen molar-refractivity contribution in [1.82, 2.24) is 9.99 Å². The van der Waals surface area contributed by atoms with Gasteiger partial charge < -0.3 is 23.2 Å². The van der Waals surface area contributed by atoms with Gasteiger partial charge in [-0.25, -0.2) is 5.43 Å². The Morgan fingerprint density at radius 1 is 0.957 bits per heavy atom. The van der Waals surface area contributed by atoms with Crippen molar-refractivity contribution in [2.45, 2.75) is 34.0 Å². The maximum Gasteiger partial charge on any atom is 0.315 e. The normalized spacial score (nSPS) is 11.1. The standard InChI is InChI=1S/C34H30Br2N4O7/c1-4-44-32-16-23(15-30(40(42)43)33(32)46-19-24-7-8-25(35)17-29(24)36)18-37-38-34(41)31-14-13-28(47-31)20-45-27-11-9-26(10-12-27)39-21(2)5-6-22(39)3/h5-18H,4,19-20H2,1-3H3,(H,38,41)/b37-18+. The number of carbonyl (C=O) groups is 1. The molecule has 11 nitrogen and oxygen atoms in total. The van der Waals surface area contributed by atoms with E-state index >= 15 is 0 Å². The van der Waals surface area contributed by atoms with E-state index in [0.29, 0.717) is 17.1 Å². The molecule has 13 heteroatoms. The number of nitro groups is 1. The lowest BCUT2D eigenvalue weighted by Gasteiger charge is -2.14. The summed E-state index contributed by atoms with van der Waals surface area (Å²) in [4.78, 5) is 24.1. The predicted octanol–water partition coefficient (Wildman–Crippen LogP) is 8.44. The lowest BCUT2D eigenvalue weighted by Crippen LogP contribution is -2.16.